The Morgan fingerprint density at radius 1 is 0.655 bits per heavy atom. The van der Waals surface area contributed by atoms with Crippen molar-refractivity contribution in [3.05, 3.63) is 46.3 Å². The molecule has 2 atom stereocenters. The molecule has 0 fully saturated rings. The van der Waals surface area contributed by atoms with Gasteiger partial charge in [0.1, 0.15) is 29.6 Å². The van der Waals surface area contributed by atoms with Crippen molar-refractivity contribution in [2.75, 3.05) is 26.4 Å². The van der Waals surface area contributed by atoms with Gasteiger partial charge in [0.15, 0.2) is 6.10 Å². The minimum atomic E-state index is -4.40. The fraction of sp³-hybridized carbons (Fsp3) is 0.767. The number of carbonyl (C=O) groups excluding carboxylic acids is 2. The van der Waals surface area contributed by atoms with E-state index in [9.17, 15) is 19.0 Å². The van der Waals surface area contributed by atoms with Gasteiger partial charge >= 0.3 is 19.8 Å². The van der Waals surface area contributed by atoms with Gasteiger partial charge in [0.25, 0.3) is 0 Å². The van der Waals surface area contributed by atoms with E-state index >= 15 is 0 Å². The number of ether oxygens (including phenoxy) is 2. The van der Waals surface area contributed by atoms with Crippen LogP contribution in [0, 0.1) is 13.8 Å². The molecule has 0 radical (unpaired) electrons. The van der Waals surface area contributed by atoms with E-state index in [1.165, 1.54) is 49.7 Å². The number of rotatable bonds is 35. The van der Waals surface area contributed by atoms with Crippen LogP contribution in [0.1, 0.15) is 176 Å². The zero-order chi connectivity index (χ0) is 40.2. The summed E-state index contributed by atoms with van der Waals surface area (Å²) in [6.45, 7) is 7.78. The number of hydrogen-bond acceptors (Lipinski definition) is 10. The fourth-order valence-electron chi connectivity index (χ4n) is 6.60. The first-order chi connectivity index (χ1) is 26.6. The number of furan rings is 2. The summed E-state index contributed by atoms with van der Waals surface area (Å²) in [5.41, 5.74) is 7.86. The zero-order valence-corrected chi connectivity index (χ0v) is 35.6. The van der Waals surface area contributed by atoms with E-state index in [0.717, 1.165) is 113 Å². The van der Waals surface area contributed by atoms with Crippen LogP contribution in [-0.4, -0.2) is 49.3 Å². The van der Waals surface area contributed by atoms with Crippen molar-refractivity contribution in [1.29, 1.82) is 0 Å². The number of phosphoric acid groups is 1. The summed E-state index contributed by atoms with van der Waals surface area (Å²) in [7, 11) is -4.40. The lowest BCUT2D eigenvalue weighted by Gasteiger charge is -2.19. The maximum atomic E-state index is 12.6. The summed E-state index contributed by atoms with van der Waals surface area (Å²) in [5.74, 6) is 3.56. The lowest BCUT2D eigenvalue weighted by molar-refractivity contribution is -0.161. The standard InChI is InChI=1S/C43H74NO10P/c1-5-7-18-24-38-32-36(4)41(53-38)26-20-15-12-13-17-22-28-43(46)54-39(34-51-55(47,48)50-30-29-44)33-49-42(45)27-21-16-11-9-8-10-14-19-25-40-35(3)31-37(52-40)23-6-2/h31-32,39H,5-30,33-34,44H2,1-4H3,(H,47,48)/t39-/m1/s1. The van der Waals surface area contributed by atoms with Crippen LogP contribution in [0.4, 0.5) is 0 Å². The average Bonchev–Trinajstić information content (AvgIpc) is 3.69. The molecule has 0 saturated carbocycles. The number of nitrogens with two attached hydrogens (primary N) is 1. The van der Waals surface area contributed by atoms with Crippen molar-refractivity contribution >= 4 is 19.8 Å². The molecule has 0 saturated heterocycles. The van der Waals surface area contributed by atoms with Crippen LogP contribution in [0.25, 0.3) is 0 Å². The Bertz CT molecular complexity index is 1350. The SMILES string of the molecule is CCCCCc1cc(C)c(CCCCCCCCC(=O)O[C@H](COC(=O)CCCCCCCCCCc2oc(CCC)cc2C)COP(=O)(O)OCCN)o1. The molecule has 11 nitrogen and oxygen atoms in total. The molecule has 0 amide bonds. The molecule has 12 heteroatoms. The Morgan fingerprint density at radius 3 is 1.67 bits per heavy atom. The van der Waals surface area contributed by atoms with Crippen LogP contribution in [-0.2, 0) is 58.4 Å². The van der Waals surface area contributed by atoms with Gasteiger partial charge < -0.3 is 28.9 Å². The summed E-state index contributed by atoms with van der Waals surface area (Å²) in [6.07, 6.45) is 22.4. The normalized spacial score (nSPS) is 13.2. The van der Waals surface area contributed by atoms with Gasteiger partial charge in [-0.2, -0.15) is 0 Å². The van der Waals surface area contributed by atoms with Crippen molar-refractivity contribution < 1.29 is 46.4 Å². The van der Waals surface area contributed by atoms with Crippen LogP contribution in [0.5, 0.6) is 0 Å². The predicted octanol–water partition coefficient (Wildman–Crippen LogP) is 10.7. The largest absolute Gasteiger partial charge is 0.472 e. The van der Waals surface area contributed by atoms with Crippen molar-refractivity contribution in [3.8, 4) is 0 Å². The number of esters is 2. The van der Waals surface area contributed by atoms with E-state index in [0.29, 0.717) is 12.8 Å². The monoisotopic (exact) mass is 796 g/mol. The molecule has 0 bridgehead atoms. The molecule has 0 aliphatic heterocycles. The Hall–Kier alpha value is -2.43. The molecule has 316 valence electrons. The molecule has 2 heterocycles. The molecule has 2 aromatic rings. The maximum absolute atomic E-state index is 12.6. The third-order valence-electron chi connectivity index (χ3n) is 9.76. The van der Waals surface area contributed by atoms with E-state index in [4.69, 9.17) is 33.1 Å². The van der Waals surface area contributed by atoms with Gasteiger partial charge in [0.2, 0.25) is 0 Å². The highest BCUT2D eigenvalue weighted by Gasteiger charge is 2.26. The summed E-state index contributed by atoms with van der Waals surface area (Å²) in [6, 6.07) is 4.36. The molecule has 55 heavy (non-hydrogen) atoms. The van der Waals surface area contributed by atoms with Gasteiger partial charge in [-0.1, -0.05) is 90.9 Å². The molecule has 0 aliphatic carbocycles. The first-order valence-electron chi connectivity index (χ1n) is 21.4. The lowest BCUT2D eigenvalue weighted by Crippen LogP contribution is -2.29. The molecule has 2 rings (SSSR count). The highest BCUT2D eigenvalue weighted by atomic mass is 31.2. The third kappa shape index (κ3) is 23.4. The second-order valence-corrected chi connectivity index (χ2v) is 16.4. The second-order valence-electron chi connectivity index (χ2n) is 15.0. The smallest absolute Gasteiger partial charge is 0.466 e. The van der Waals surface area contributed by atoms with Crippen molar-refractivity contribution in [3.63, 3.8) is 0 Å². The molecule has 0 spiro atoms. The zero-order valence-electron chi connectivity index (χ0n) is 34.7. The fourth-order valence-corrected chi connectivity index (χ4v) is 7.36. The lowest BCUT2D eigenvalue weighted by atomic mass is 10.1. The van der Waals surface area contributed by atoms with Gasteiger partial charge in [-0.3, -0.25) is 18.6 Å². The summed E-state index contributed by atoms with van der Waals surface area (Å²) < 4.78 is 44.9. The Labute approximate surface area is 331 Å². The van der Waals surface area contributed by atoms with Crippen LogP contribution in [0.15, 0.2) is 21.0 Å². The Balaban J connectivity index is 1.59. The number of aryl methyl sites for hydroxylation is 6. The number of carbonyl (C=O) groups is 2. The van der Waals surface area contributed by atoms with Crippen molar-refractivity contribution in [2.45, 2.75) is 188 Å². The van der Waals surface area contributed by atoms with Gasteiger partial charge in [0, 0.05) is 45.1 Å². The first kappa shape index (κ1) is 48.7. The molecule has 1 unspecified atom stereocenters. The quantitative estimate of drug-likeness (QED) is 0.0388. The highest BCUT2D eigenvalue weighted by molar-refractivity contribution is 7.47. The van der Waals surface area contributed by atoms with Crippen LogP contribution in [0.3, 0.4) is 0 Å². The average molecular weight is 796 g/mol. The number of phosphoric ester groups is 1. The summed E-state index contributed by atoms with van der Waals surface area (Å²) >= 11 is 0. The molecule has 0 aliphatic rings. The van der Waals surface area contributed by atoms with E-state index in [1.54, 1.807) is 0 Å². The number of unbranched alkanes of at least 4 members (excludes halogenated alkanes) is 14. The Morgan fingerprint density at radius 2 is 1.15 bits per heavy atom. The third-order valence-corrected chi connectivity index (χ3v) is 10.7. The van der Waals surface area contributed by atoms with E-state index in [-0.39, 0.29) is 32.6 Å². The van der Waals surface area contributed by atoms with E-state index in [1.807, 2.05) is 0 Å². The molecule has 0 aromatic carbocycles. The minimum Gasteiger partial charge on any atom is -0.466 e. The number of hydrogen-bond donors (Lipinski definition) is 2. The predicted molar refractivity (Wildman–Crippen MR) is 217 cm³/mol. The minimum absolute atomic E-state index is 0.0414. The second kappa shape index (κ2) is 29.8. The van der Waals surface area contributed by atoms with Gasteiger partial charge in [-0.25, -0.2) is 4.57 Å². The maximum Gasteiger partial charge on any atom is 0.472 e. The van der Waals surface area contributed by atoms with Crippen LogP contribution >= 0.6 is 7.82 Å². The van der Waals surface area contributed by atoms with E-state index < -0.39 is 32.5 Å². The van der Waals surface area contributed by atoms with Crippen molar-refractivity contribution in [1.82, 2.24) is 0 Å². The molecular weight excluding hydrogens is 721 g/mol. The topological polar surface area (TPSA) is 161 Å². The van der Waals surface area contributed by atoms with E-state index in [2.05, 4.69) is 39.8 Å². The summed E-state index contributed by atoms with van der Waals surface area (Å²) in [5, 5.41) is 0. The van der Waals surface area contributed by atoms with Gasteiger partial charge in [0.05, 0.1) is 13.2 Å². The van der Waals surface area contributed by atoms with Crippen LogP contribution in [0.2, 0.25) is 0 Å². The summed E-state index contributed by atoms with van der Waals surface area (Å²) in [4.78, 5) is 35.0. The van der Waals surface area contributed by atoms with Gasteiger partial charge in [-0.05, 0) is 75.6 Å². The van der Waals surface area contributed by atoms with Crippen LogP contribution < -0.4 is 5.73 Å². The van der Waals surface area contributed by atoms with Crippen molar-refractivity contribution in [2.24, 2.45) is 5.73 Å². The molecular formula is C43H74NO10P. The van der Waals surface area contributed by atoms with Gasteiger partial charge in [-0.15, -0.1) is 0 Å². The Kier molecular flexibility index (Phi) is 26.4. The first-order valence-corrected chi connectivity index (χ1v) is 22.9. The highest BCUT2D eigenvalue weighted by Crippen LogP contribution is 2.43. The molecule has 3 N–H and O–H groups in total. The molecule has 2 aromatic heterocycles.